The largest absolute Gasteiger partial charge is 0.486 e. The maximum atomic E-state index is 13.8. The second-order valence-electron chi connectivity index (χ2n) is 6.35. The van der Waals surface area contributed by atoms with E-state index in [1.165, 1.54) is 6.07 Å². The molecular formula is C23H13Br2FN2O2. The normalized spacial score (nSPS) is 11.5. The molecule has 0 aliphatic rings. The molecule has 4 nitrogen and oxygen atoms in total. The highest BCUT2D eigenvalue weighted by atomic mass is 79.9. The van der Waals surface area contributed by atoms with Gasteiger partial charge in [-0.2, -0.15) is 5.26 Å². The number of hydrogen-bond donors (Lipinski definition) is 0. The number of fused-ring (bicyclic) bond motifs is 1. The molecule has 0 N–H and O–H groups in total. The molecule has 1 heterocycles. The number of ether oxygens (including phenoxy) is 1. The van der Waals surface area contributed by atoms with Crippen molar-refractivity contribution in [3.63, 3.8) is 0 Å². The highest BCUT2D eigenvalue weighted by Crippen LogP contribution is 2.36. The van der Waals surface area contributed by atoms with Gasteiger partial charge in [-0.05, 0) is 73.8 Å². The van der Waals surface area contributed by atoms with Crippen molar-refractivity contribution in [2.45, 2.75) is 6.61 Å². The molecule has 4 aromatic rings. The number of oxazole rings is 1. The summed E-state index contributed by atoms with van der Waals surface area (Å²) >= 11 is 6.97. The minimum absolute atomic E-state index is 0.0887. The molecule has 7 heteroatoms. The Hall–Kier alpha value is -2.95. The lowest BCUT2D eigenvalue weighted by Crippen LogP contribution is -1.99. The van der Waals surface area contributed by atoms with Crippen LogP contribution < -0.4 is 4.74 Å². The van der Waals surface area contributed by atoms with Gasteiger partial charge in [0.25, 0.3) is 0 Å². The van der Waals surface area contributed by atoms with Crippen LogP contribution in [-0.4, -0.2) is 4.98 Å². The number of nitriles is 1. The number of aromatic nitrogens is 1. The summed E-state index contributed by atoms with van der Waals surface area (Å²) in [5.41, 5.74) is 2.81. The minimum atomic E-state index is -0.318. The standard InChI is InChI=1S/C23H13Br2FN2O2/c24-17-10-14(9-16(12-27)23-28-20-7-3-4-8-21(20)30-23)11-18(25)22(17)29-13-15-5-1-2-6-19(15)26/h1-11H,13H2/b16-9+. The van der Waals surface area contributed by atoms with Gasteiger partial charge < -0.3 is 9.15 Å². The summed E-state index contributed by atoms with van der Waals surface area (Å²) in [4.78, 5) is 4.37. The number of nitrogens with zero attached hydrogens (tertiary/aromatic N) is 2. The van der Waals surface area contributed by atoms with Crippen molar-refractivity contribution in [1.82, 2.24) is 4.98 Å². The van der Waals surface area contributed by atoms with Crippen molar-refractivity contribution in [3.8, 4) is 11.8 Å². The molecule has 0 aliphatic carbocycles. The molecule has 0 bridgehead atoms. The van der Waals surface area contributed by atoms with Gasteiger partial charge in [-0.3, -0.25) is 0 Å². The fourth-order valence-corrected chi connectivity index (χ4v) is 4.31. The fraction of sp³-hybridized carbons (Fsp3) is 0.0435. The third-order valence-electron chi connectivity index (χ3n) is 4.31. The second kappa shape index (κ2) is 8.82. The number of allylic oxidation sites excluding steroid dienone is 1. The van der Waals surface area contributed by atoms with Crippen molar-refractivity contribution >= 4 is 54.6 Å². The zero-order chi connectivity index (χ0) is 21.1. The SMILES string of the molecule is N#C/C(=C\c1cc(Br)c(OCc2ccccc2F)c(Br)c1)c1nc2ccccc2o1. The summed E-state index contributed by atoms with van der Waals surface area (Å²) in [5, 5.41) is 9.59. The van der Waals surface area contributed by atoms with Crippen molar-refractivity contribution in [1.29, 1.82) is 5.26 Å². The molecule has 0 radical (unpaired) electrons. The third kappa shape index (κ3) is 4.30. The highest BCUT2D eigenvalue weighted by molar-refractivity contribution is 9.11. The summed E-state index contributed by atoms with van der Waals surface area (Å²) in [6.07, 6.45) is 1.68. The fourth-order valence-electron chi connectivity index (χ4n) is 2.86. The van der Waals surface area contributed by atoms with Gasteiger partial charge in [-0.25, -0.2) is 9.37 Å². The molecule has 1 aromatic heterocycles. The Bertz CT molecular complexity index is 1250. The molecule has 0 spiro atoms. The summed E-state index contributed by atoms with van der Waals surface area (Å²) in [6, 6.07) is 19.5. The van der Waals surface area contributed by atoms with Crippen LogP contribution in [0, 0.1) is 17.1 Å². The Morgan fingerprint density at radius 2 is 1.80 bits per heavy atom. The van der Waals surface area contributed by atoms with Crippen LogP contribution >= 0.6 is 31.9 Å². The molecule has 0 amide bonds. The van der Waals surface area contributed by atoms with E-state index in [0.29, 0.717) is 36.9 Å². The quantitative estimate of drug-likeness (QED) is 0.259. The molecule has 0 saturated heterocycles. The van der Waals surface area contributed by atoms with E-state index in [1.54, 1.807) is 42.5 Å². The van der Waals surface area contributed by atoms with Crippen LogP contribution in [0.5, 0.6) is 5.75 Å². The van der Waals surface area contributed by atoms with E-state index in [0.717, 1.165) is 5.56 Å². The topological polar surface area (TPSA) is 59.0 Å². The Morgan fingerprint density at radius 3 is 2.50 bits per heavy atom. The molecular weight excluding hydrogens is 515 g/mol. The Kier molecular flexibility index (Phi) is 5.98. The Balaban J connectivity index is 1.61. The molecule has 0 aliphatic heterocycles. The number of halogens is 3. The second-order valence-corrected chi connectivity index (χ2v) is 8.06. The van der Waals surface area contributed by atoms with Crippen molar-refractivity contribution in [2.24, 2.45) is 0 Å². The smallest absolute Gasteiger partial charge is 0.238 e. The van der Waals surface area contributed by atoms with Crippen LogP contribution in [0.25, 0.3) is 22.7 Å². The lowest BCUT2D eigenvalue weighted by molar-refractivity contribution is 0.296. The van der Waals surface area contributed by atoms with Gasteiger partial charge in [0.05, 0.1) is 8.95 Å². The first-order chi connectivity index (χ1) is 14.5. The maximum absolute atomic E-state index is 13.8. The number of benzene rings is 3. The summed E-state index contributed by atoms with van der Waals surface area (Å²) in [5.74, 6) is 0.475. The van der Waals surface area contributed by atoms with Crippen LogP contribution in [0.2, 0.25) is 0 Å². The average Bonchev–Trinajstić information content (AvgIpc) is 3.16. The summed E-state index contributed by atoms with van der Waals surface area (Å²) < 4.78 is 26.6. The predicted octanol–water partition coefficient (Wildman–Crippen LogP) is 7.14. The van der Waals surface area contributed by atoms with Gasteiger partial charge in [0.2, 0.25) is 5.89 Å². The monoisotopic (exact) mass is 526 g/mol. The zero-order valence-electron chi connectivity index (χ0n) is 15.4. The Morgan fingerprint density at radius 1 is 1.10 bits per heavy atom. The highest BCUT2D eigenvalue weighted by Gasteiger charge is 2.13. The molecule has 0 unspecified atom stereocenters. The molecule has 148 valence electrons. The Labute approximate surface area is 188 Å². The minimum Gasteiger partial charge on any atom is -0.486 e. The van der Waals surface area contributed by atoms with Gasteiger partial charge in [-0.15, -0.1) is 0 Å². The van der Waals surface area contributed by atoms with E-state index in [2.05, 4.69) is 42.9 Å². The predicted molar refractivity (Wildman–Crippen MR) is 120 cm³/mol. The van der Waals surface area contributed by atoms with Gasteiger partial charge in [0.15, 0.2) is 5.58 Å². The van der Waals surface area contributed by atoms with Crippen LogP contribution in [0.15, 0.2) is 74.0 Å². The zero-order valence-corrected chi connectivity index (χ0v) is 18.6. The van der Waals surface area contributed by atoms with E-state index in [-0.39, 0.29) is 18.3 Å². The van der Waals surface area contributed by atoms with E-state index >= 15 is 0 Å². The number of hydrogen-bond acceptors (Lipinski definition) is 4. The van der Waals surface area contributed by atoms with Gasteiger partial charge >= 0.3 is 0 Å². The molecule has 0 atom stereocenters. The lowest BCUT2D eigenvalue weighted by Gasteiger charge is -2.12. The summed E-state index contributed by atoms with van der Waals surface area (Å²) in [6.45, 7) is 0.0887. The number of rotatable bonds is 5. The molecule has 30 heavy (non-hydrogen) atoms. The first-order valence-electron chi connectivity index (χ1n) is 8.88. The van der Waals surface area contributed by atoms with E-state index in [9.17, 15) is 9.65 Å². The first-order valence-corrected chi connectivity index (χ1v) is 10.5. The van der Waals surface area contributed by atoms with Crippen LogP contribution in [-0.2, 0) is 6.61 Å². The van der Waals surface area contributed by atoms with Gasteiger partial charge in [0, 0.05) is 5.56 Å². The van der Waals surface area contributed by atoms with Gasteiger partial charge in [-0.1, -0.05) is 30.3 Å². The molecule has 0 fully saturated rings. The number of para-hydroxylation sites is 2. The van der Waals surface area contributed by atoms with E-state index < -0.39 is 0 Å². The molecule has 0 saturated carbocycles. The molecule has 4 rings (SSSR count). The molecule has 3 aromatic carbocycles. The maximum Gasteiger partial charge on any atom is 0.238 e. The van der Waals surface area contributed by atoms with Crippen molar-refractivity contribution in [3.05, 3.63) is 92.4 Å². The van der Waals surface area contributed by atoms with Crippen molar-refractivity contribution < 1.29 is 13.5 Å². The van der Waals surface area contributed by atoms with Crippen LogP contribution in [0.3, 0.4) is 0 Å². The van der Waals surface area contributed by atoms with E-state index in [1.807, 2.05) is 18.2 Å². The van der Waals surface area contributed by atoms with E-state index in [4.69, 9.17) is 9.15 Å². The van der Waals surface area contributed by atoms with Crippen LogP contribution in [0.4, 0.5) is 4.39 Å². The summed E-state index contributed by atoms with van der Waals surface area (Å²) in [7, 11) is 0. The lowest BCUT2D eigenvalue weighted by atomic mass is 10.1. The average molecular weight is 528 g/mol. The first kappa shape index (κ1) is 20.3. The van der Waals surface area contributed by atoms with Crippen LogP contribution in [0.1, 0.15) is 17.0 Å². The van der Waals surface area contributed by atoms with Gasteiger partial charge in [0.1, 0.15) is 35.3 Å². The van der Waals surface area contributed by atoms with Crippen molar-refractivity contribution in [2.75, 3.05) is 0 Å². The third-order valence-corrected chi connectivity index (χ3v) is 5.48.